The Hall–Kier alpha value is -2.23. The third-order valence-corrected chi connectivity index (χ3v) is 5.64. The van der Waals surface area contributed by atoms with E-state index in [1.54, 1.807) is 29.2 Å². The summed E-state index contributed by atoms with van der Waals surface area (Å²) >= 11 is 0. The molecule has 1 aromatic heterocycles. The Kier molecular flexibility index (Phi) is 5.84. The van der Waals surface area contributed by atoms with Crippen LogP contribution in [-0.4, -0.2) is 49.8 Å². The lowest BCUT2D eigenvalue weighted by atomic mass is 10.1. The number of benzene rings is 1. The third-order valence-electron chi connectivity index (χ3n) is 4.41. The number of aliphatic hydroxyl groups is 1. The van der Waals surface area contributed by atoms with Gasteiger partial charge in [-0.15, -0.1) is 0 Å². The topological polar surface area (TPSA) is 76.8 Å². The van der Waals surface area contributed by atoms with Gasteiger partial charge in [0, 0.05) is 6.20 Å². The highest BCUT2D eigenvalue weighted by atomic mass is 28.2. The minimum Gasteiger partial charge on any atom is -0.441 e. The molecule has 0 saturated carbocycles. The molecular weight excluding hydrogens is 393 g/mol. The molecule has 0 bridgehead atoms. The highest BCUT2D eigenvalue weighted by molar-refractivity contribution is 6.31. The lowest BCUT2D eigenvalue weighted by Gasteiger charge is -2.27. The number of carbonyl (C=O) groups excluding carboxylic acids is 1. The molecule has 7 nitrogen and oxygen atoms in total. The summed E-state index contributed by atoms with van der Waals surface area (Å²) in [5.41, 5.74) is 0.786. The largest absolute Gasteiger partial charge is 0.441 e. The van der Waals surface area contributed by atoms with Crippen LogP contribution < -0.4 is 4.90 Å². The number of halogens is 1. The van der Waals surface area contributed by atoms with E-state index in [0.29, 0.717) is 26.8 Å². The monoisotopic (exact) mass is 419 g/mol. The predicted octanol–water partition coefficient (Wildman–Crippen LogP) is 3.42. The number of imidazole rings is 1. The summed E-state index contributed by atoms with van der Waals surface area (Å²) in [6, 6.07) is 4.50. The average molecular weight is 420 g/mol. The van der Waals surface area contributed by atoms with Crippen LogP contribution in [0.2, 0.25) is 5.04 Å². The Morgan fingerprint density at radius 1 is 1.34 bits per heavy atom. The summed E-state index contributed by atoms with van der Waals surface area (Å²) in [6.07, 6.45) is 2.10. The summed E-state index contributed by atoms with van der Waals surface area (Å²) in [7, 11) is 0.298. The molecule has 156 valence electrons. The summed E-state index contributed by atoms with van der Waals surface area (Å²) in [4.78, 5) is 17.6. The first kappa shape index (κ1) is 21.5. The van der Waals surface area contributed by atoms with E-state index in [1.165, 1.54) is 11.0 Å². The van der Waals surface area contributed by atoms with Gasteiger partial charge in [0.15, 0.2) is 0 Å². The lowest BCUT2D eigenvalue weighted by molar-refractivity contribution is 0.0963. The summed E-state index contributed by atoms with van der Waals surface area (Å²) in [6.45, 7) is 10.1. The van der Waals surface area contributed by atoms with E-state index in [9.17, 15) is 9.18 Å². The summed E-state index contributed by atoms with van der Waals surface area (Å²) in [5.74, 6) is -0.498. The number of aromatic nitrogens is 2. The highest BCUT2D eigenvalue weighted by Crippen LogP contribution is 2.30. The van der Waals surface area contributed by atoms with Crippen LogP contribution in [0.15, 0.2) is 30.7 Å². The van der Waals surface area contributed by atoms with E-state index in [4.69, 9.17) is 14.3 Å². The van der Waals surface area contributed by atoms with E-state index < -0.39 is 23.6 Å². The number of rotatable bonds is 6. The standard InChI is InChI=1S/C20H26FN3O4Si/c1-19(2,3)29-28-20(4,5)17-10-23(12-22-17)16-7-6-13(8-15(16)21)24-9-14(11-25)27-18(24)26/h6-8,10,12,14,25H,9,11H2,1-5H3/t14-/m1/s1. The summed E-state index contributed by atoms with van der Waals surface area (Å²) in [5, 5.41) is 9.20. The van der Waals surface area contributed by atoms with Gasteiger partial charge in [-0.3, -0.25) is 4.90 Å². The van der Waals surface area contributed by atoms with Crippen molar-refractivity contribution < 1.29 is 23.5 Å². The number of anilines is 1. The second-order valence-corrected chi connectivity index (χ2v) is 10.5. The van der Waals surface area contributed by atoms with E-state index in [2.05, 4.69) is 25.8 Å². The Balaban J connectivity index is 1.79. The molecule has 1 aliphatic heterocycles. The van der Waals surface area contributed by atoms with Crippen molar-refractivity contribution in [1.29, 1.82) is 0 Å². The van der Waals surface area contributed by atoms with E-state index in [1.807, 2.05) is 13.8 Å². The first-order valence-corrected chi connectivity index (χ1v) is 10.3. The number of ether oxygens (including phenoxy) is 1. The molecule has 1 amide bonds. The maximum atomic E-state index is 14.8. The van der Waals surface area contributed by atoms with Crippen LogP contribution in [0, 0.1) is 5.82 Å². The molecule has 0 spiro atoms. The van der Waals surface area contributed by atoms with E-state index in [-0.39, 0.29) is 18.2 Å². The van der Waals surface area contributed by atoms with Crippen molar-refractivity contribution in [2.45, 2.75) is 51.4 Å². The van der Waals surface area contributed by atoms with Crippen LogP contribution >= 0.6 is 0 Å². The van der Waals surface area contributed by atoms with Crippen LogP contribution in [0.4, 0.5) is 14.9 Å². The zero-order valence-electron chi connectivity index (χ0n) is 17.3. The molecule has 2 heterocycles. The lowest BCUT2D eigenvalue weighted by Crippen LogP contribution is -2.28. The van der Waals surface area contributed by atoms with Crippen molar-refractivity contribution in [2.75, 3.05) is 18.1 Å². The molecular formula is C20H26FN3O4Si. The van der Waals surface area contributed by atoms with Gasteiger partial charge in [0.2, 0.25) is 9.76 Å². The zero-order chi connectivity index (χ0) is 21.4. The van der Waals surface area contributed by atoms with Crippen molar-refractivity contribution >= 4 is 21.5 Å². The van der Waals surface area contributed by atoms with Crippen LogP contribution in [0.25, 0.3) is 5.69 Å². The van der Waals surface area contributed by atoms with Gasteiger partial charge in [-0.1, -0.05) is 20.8 Å². The molecule has 1 fully saturated rings. The first-order valence-electron chi connectivity index (χ1n) is 9.39. The molecule has 0 aliphatic carbocycles. The first-order chi connectivity index (χ1) is 13.5. The van der Waals surface area contributed by atoms with Gasteiger partial charge < -0.3 is 18.8 Å². The van der Waals surface area contributed by atoms with Gasteiger partial charge in [0.25, 0.3) is 0 Å². The van der Waals surface area contributed by atoms with Crippen molar-refractivity contribution in [3.63, 3.8) is 0 Å². The molecule has 1 N–H and O–H groups in total. The van der Waals surface area contributed by atoms with Gasteiger partial charge in [-0.25, -0.2) is 14.2 Å². The smallest absolute Gasteiger partial charge is 0.414 e. The molecule has 2 aromatic rings. The number of hydrogen-bond donors (Lipinski definition) is 1. The molecule has 2 radical (unpaired) electrons. The quantitative estimate of drug-likeness (QED) is 0.726. The summed E-state index contributed by atoms with van der Waals surface area (Å²) < 4.78 is 27.5. The highest BCUT2D eigenvalue weighted by Gasteiger charge is 2.32. The molecule has 29 heavy (non-hydrogen) atoms. The third kappa shape index (κ3) is 4.85. The van der Waals surface area contributed by atoms with Gasteiger partial charge in [0.05, 0.1) is 42.1 Å². The normalized spacial score (nSPS) is 17.7. The van der Waals surface area contributed by atoms with Crippen LogP contribution in [0.3, 0.4) is 0 Å². The van der Waals surface area contributed by atoms with Crippen molar-refractivity contribution in [2.24, 2.45) is 0 Å². The maximum absolute atomic E-state index is 14.8. The SMILES string of the molecule is CC(C)(C)[Si]OC(C)(C)c1cn(-c2ccc(N3C[C@H](CO)OC3=O)cc2F)cn1. The minimum atomic E-state index is -0.605. The molecule has 0 unspecified atom stereocenters. The second kappa shape index (κ2) is 7.89. The van der Waals surface area contributed by atoms with Gasteiger partial charge in [-0.2, -0.15) is 0 Å². The Labute approximate surface area is 172 Å². The molecule has 1 aromatic carbocycles. The predicted molar refractivity (Wildman–Crippen MR) is 108 cm³/mol. The molecule has 9 heteroatoms. The number of hydrogen-bond acceptors (Lipinski definition) is 5. The van der Waals surface area contributed by atoms with Crippen molar-refractivity contribution in [1.82, 2.24) is 9.55 Å². The minimum absolute atomic E-state index is 0.0491. The molecule has 1 aliphatic rings. The molecule has 3 rings (SSSR count). The number of carbonyl (C=O) groups is 1. The number of cyclic esters (lactones) is 1. The van der Waals surface area contributed by atoms with E-state index in [0.717, 1.165) is 0 Å². The zero-order valence-corrected chi connectivity index (χ0v) is 18.3. The average Bonchev–Trinajstić information content (AvgIpc) is 3.27. The fraction of sp³-hybridized carbons (Fsp3) is 0.500. The Morgan fingerprint density at radius 2 is 2.07 bits per heavy atom. The second-order valence-electron chi connectivity index (χ2n) is 8.57. The van der Waals surface area contributed by atoms with Crippen molar-refractivity contribution in [3.8, 4) is 5.69 Å². The molecule has 1 atom stereocenters. The van der Waals surface area contributed by atoms with Crippen molar-refractivity contribution in [3.05, 3.63) is 42.2 Å². The number of amides is 1. The molecule has 1 saturated heterocycles. The van der Waals surface area contributed by atoms with Crippen LogP contribution in [-0.2, 0) is 14.8 Å². The van der Waals surface area contributed by atoms with E-state index >= 15 is 0 Å². The van der Waals surface area contributed by atoms with Gasteiger partial charge in [0.1, 0.15) is 11.9 Å². The Morgan fingerprint density at radius 3 is 2.66 bits per heavy atom. The number of aliphatic hydroxyl groups excluding tert-OH is 1. The van der Waals surface area contributed by atoms with Gasteiger partial charge >= 0.3 is 6.09 Å². The number of nitrogens with zero attached hydrogens (tertiary/aromatic N) is 3. The van der Waals surface area contributed by atoms with Crippen LogP contribution in [0.1, 0.15) is 40.3 Å². The maximum Gasteiger partial charge on any atom is 0.414 e. The fourth-order valence-electron chi connectivity index (χ4n) is 2.80. The van der Waals surface area contributed by atoms with Crippen LogP contribution in [0.5, 0.6) is 0 Å². The Bertz CT molecular complexity index is 894. The van der Waals surface area contributed by atoms with Gasteiger partial charge in [-0.05, 0) is 37.1 Å². The fourth-order valence-corrected chi connectivity index (χ4v) is 3.46.